The summed E-state index contributed by atoms with van der Waals surface area (Å²) in [6.45, 7) is 8.88. The molecule has 4 aliphatic carbocycles. The third kappa shape index (κ3) is 17.6. The SMILES string of the molecule is COc1ccc2c(O[C@@H]3C[C@H]4C(=O)C[C@]5(C(=O)NS(=O)(=O)C6CC6)C[C@H]5/C=C\CCCCCCC(=O)N4C3)cc(-c3nc(C(C)C)cs3)nc2c1.COc1ccc2c(O[C@@H]3C[C@H]4C(=O)C[C@]5(C(=O)O)C[C@H]5/C=C\CCCCCCC(=O)N4C3)cc(-c3nc(C(C)C)cs3)nc2c1.NS(=O)(=O)C1CC1. The number of nitrogens with zero attached hydrogens (tertiary/aromatic N) is 6. The summed E-state index contributed by atoms with van der Waals surface area (Å²) in [6, 6.07) is 13.5. The standard InChI is InChI=1S/C38H46N4O7S2.C35H41N3O6S.C3H7NO2S/c1-23(2)31-22-50-36(40-31)30-18-34(28-15-12-25(48-3)16-29(28)39-30)49-26-17-32-33(43)20-38(37(45)41-51(46,47)27-13-14-27)19-24(38)10-8-6-4-5-7-9-11-35(44)42(32)21-26;1-21(2)28-20-45-33(37-28)27-16-31(25-13-12-23(43-3)14-26(25)36-27)44-24-15-29-30(39)18-35(34(41)42)17-22(35)10-8-6-4-5-7-9-11-32(40)38(29)19-24;4-7(5,6)3-1-2-3/h8,10,12,15-16,18,22-24,26-27,32H,4-7,9,11,13-14,17,19-21H2,1-3H3,(H,41,45);8,10,12-14,16,20-22,24,29H,4-7,9,11,15,17-19H2,1-3H3,(H,41,42);3H,1-2H2,(H2,4,5,6)/b2*10-8-;/t24-,26-,32+,38-;22-,24-,29+,35-;/m11./s1. The second-order valence-corrected chi connectivity index (χ2v) is 35.1. The molecule has 4 saturated carbocycles. The Morgan fingerprint density at radius 2 is 1.04 bits per heavy atom. The number of benzene rings is 2. The predicted octanol–water partition coefficient (Wildman–Crippen LogP) is 12.6. The van der Waals surface area contributed by atoms with Gasteiger partial charge in [0.15, 0.2) is 11.6 Å². The van der Waals surface area contributed by atoms with Gasteiger partial charge in [-0.25, -0.2) is 41.9 Å². The number of hydrogen-bond acceptors (Lipinski definition) is 20. The number of carboxylic acids is 1. The number of ether oxygens (including phenoxy) is 4. The molecule has 2 saturated heterocycles. The molecule has 6 aromatic rings. The molecule has 4 N–H and O–H groups in total. The van der Waals surface area contributed by atoms with Crippen LogP contribution in [0.5, 0.6) is 23.0 Å². The van der Waals surface area contributed by atoms with Gasteiger partial charge in [-0.15, -0.1) is 22.7 Å². The lowest BCUT2D eigenvalue weighted by Gasteiger charge is -2.25. The van der Waals surface area contributed by atoms with E-state index in [0.717, 1.165) is 109 Å². The van der Waals surface area contributed by atoms with E-state index in [1.807, 2.05) is 77.5 Å². The summed E-state index contributed by atoms with van der Waals surface area (Å²) < 4.78 is 72.5. The van der Waals surface area contributed by atoms with Gasteiger partial charge in [0.05, 0.1) is 83.1 Å². The van der Waals surface area contributed by atoms with Crippen molar-refractivity contribution in [2.45, 2.75) is 216 Å². The molecule has 3 amide bonds. The summed E-state index contributed by atoms with van der Waals surface area (Å²) >= 11 is 3.04. The summed E-state index contributed by atoms with van der Waals surface area (Å²) in [4.78, 5) is 104. The van der Waals surface area contributed by atoms with E-state index in [1.165, 1.54) is 22.7 Å². The average molecular weight is 1490 g/mol. The Kier molecular flexibility index (Phi) is 23.0. The number of carbonyl (C=O) groups is 6. The van der Waals surface area contributed by atoms with Crippen LogP contribution in [0.15, 0.2) is 83.6 Å². The van der Waals surface area contributed by atoms with Gasteiger partial charge in [0.25, 0.3) is 0 Å². The van der Waals surface area contributed by atoms with Crippen molar-refractivity contribution in [3.05, 3.63) is 95.0 Å². The Balaban J connectivity index is 0.000000178. The Labute approximate surface area is 610 Å². The van der Waals surface area contributed by atoms with E-state index in [4.69, 9.17) is 44.0 Å². The van der Waals surface area contributed by atoms with E-state index in [1.54, 1.807) is 24.0 Å². The molecule has 0 unspecified atom stereocenters. The van der Waals surface area contributed by atoms with Crippen LogP contribution in [-0.4, -0.2) is 149 Å². The number of ketones is 2. The van der Waals surface area contributed by atoms with E-state index < -0.39 is 72.3 Å². The summed E-state index contributed by atoms with van der Waals surface area (Å²) in [5, 5.41) is 21.3. The molecule has 27 heteroatoms. The van der Waals surface area contributed by atoms with Crippen molar-refractivity contribution in [2.75, 3.05) is 27.3 Å². The first-order chi connectivity index (χ1) is 49.3. The lowest BCUT2D eigenvalue weighted by Crippen LogP contribution is -2.44. The first-order valence-electron chi connectivity index (χ1n) is 36.3. The van der Waals surface area contributed by atoms with Crippen LogP contribution in [0.2, 0.25) is 0 Å². The Bertz CT molecular complexity index is 4490. The highest BCUT2D eigenvalue weighted by molar-refractivity contribution is 7.91. The van der Waals surface area contributed by atoms with E-state index in [9.17, 15) is 50.7 Å². The minimum atomic E-state index is -3.79. The number of hydrogen-bond donors (Lipinski definition) is 3. The fraction of sp³-hybridized carbons (Fsp3) is 0.553. The topological polar surface area (TPSA) is 324 Å². The number of amides is 3. The number of fused-ring (bicyclic) bond motifs is 6. The smallest absolute Gasteiger partial charge is 0.310 e. The van der Waals surface area contributed by atoms with E-state index in [-0.39, 0.29) is 84.7 Å². The van der Waals surface area contributed by atoms with E-state index in [0.29, 0.717) is 90.4 Å². The Morgan fingerprint density at radius 1 is 0.602 bits per heavy atom. The zero-order valence-corrected chi connectivity index (χ0v) is 62.6. The van der Waals surface area contributed by atoms with Gasteiger partial charge < -0.3 is 33.9 Å². The fourth-order valence-corrected chi connectivity index (χ4v) is 18.5. The third-order valence-corrected chi connectivity index (χ3v) is 26.2. The molecule has 0 spiro atoms. The van der Waals surface area contributed by atoms with Crippen molar-refractivity contribution in [1.82, 2.24) is 34.5 Å². The maximum atomic E-state index is 14.3. The first-order valence-corrected chi connectivity index (χ1v) is 41.2. The molecular weight excluding hydrogens is 1390 g/mol. The number of carboxylic acid groups (broad SMARTS) is 1. The van der Waals surface area contributed by atoms with Gasteiger partial charge in [0.2, 0.25) is 37.8 Å². The van der Waals surface area contributed by atoms with Crippen LogP contribution >= 0.6 is 22.7 Å². The average Bonchev–Trinajstić information content (AvgIpc) is 1.60. The number of pyridine rings is 2. The highest BCUT2D eigenvalue weighted by atomic mass is 32.2. The van der Waals surface area contributed by atoms with Gasteiger partial charge in [0, 0.05) is 84.3 Å². The summed E-state index contributed by atoms with van der Waals surface area (Å²) in [7, 11) is -3.70. The number of aromatic nitrogens is 4. The number of primary sulfonamides is 1. The van der Waals surface area contributed by atoms with Gasteiger partial charge in [-0.05, 0) is 125 Å². The molecule has 8 atom stereocenters. The van der Waals surface area contributed by atoms with Gasteiger partial charge in [-0.1, -0.05) is 77.7 Å². The van der Waals surface area contributed by atoms with Crippen LogP contribution in [0.3, 0.4) is 0 Å². The second kappa shape index (κ2) is 31.5. The maximum Gasteiger partial charge on any atom is 0.310 e. The van der Waals surface area contributed by atoms with Crippen molar-refractivity contribution in [1.29, 1.82) is 0 Å². The monoisotopic (exact) mass is 1490 g/mol. The number of nitrogens with two attached hydrogens (primary N) is 1. The van der Waals surface area contributed by atoms with Gasteiger partial charge in [0.1, 0.15) is 56.6 Å². The quantitative estimate of drug-likeness (QED) is 0.0804. The Morgan fingerprint density at radius 3 is 1.45 bits per heavy atom. The zero-order chi connectivity index (χ0) is 73.1. The van der Waals surface area contributed by atoms with Crippen molar-refractivity contribution >= 4 is 99.8 Å². The number of aliphatic carboxylic acids is 1. The van der Waals surface area contributed by atoms with Crippen molar-refractivity contribution in [3.8, 4) is 44.4 Å². The molecule has 4 aliphatic heterocycles. The summed E-state index contributed by atoms with van der Waals surface area (Å²) in [5.41, 5.74) is 2.44. The number of methoxy groups -OCH3 is 2. The number of thiazole rings is 2. The largest absolute Gasteiger partial charge is 0.497 e. The van der Waals surface area contributed by atoms with Crippen LogP contribution < -0.4 is 28.8 Å². The van der Waals surface area contributed by atoms with E-state index >= 15 is 0 Å². The third-order valence-electron chi connectivity index (χ3n) is 21.2. The first kappa shape index (κ1) is 75.0. The predicted molar refractivity (Wildman–Crippen MR) is 394 cm³/mol. The number of sulfonamides is 2. The van der Waals surface area contributed by atoms with Crippen molar-refractivity contribution in [3.63, 3.8) is 0 Å². The molecule has 8 aliphatic rings. The zero-order valence-electron chi connectivity index (χ0n) is 59.4. The lowest BCUT2D eigenvalue weighted by atomic mass is 9.91. The number of allylic oxidation sites excluding steroid dienone is 4. The molecule has 2 aromatic carbocycles. The van der Waals surface area contributed by atoms with Crippen LogP contribution in [0, 0.1) is 22.7 Å². The van der Waals surface area contributed by atoms with E-state index in [2.05, 4.69) is 38.5 Å². The molecule has 0 bridgehead atoms. The minimum absolute atomic E-state index is 0.0711. The molecule has 6 fully saturated rings. The molecule has 0 radical (unpaired) electrons. The van der Waals surface area contributed by atoms with Crippen LogP contribution in [0.4, 0.5) is 0 Å². The van der Waals surface area contributed by atoms with Gasteiger partial charge in [-0.2, -0.15) is 0 Å². The van der Waals surface area contributed by atoms with Crippen molar-refractivity contribution in [2.24, 2.45) is 27.8 Å². The normalized spacial score (nSPS) is 26.3. The molecule has 8 heterocycles. The highest BCUT2D eigenvalue weighted by Gasteiger charge is 2.63. The van der Waals surface area contributed by atoms with Crippen LogP contribution in [0.1, 0.15) is 192 Å². The van der Waals surface area contributed by atoms with Gasteiger partial charge >= 0.3 is 5.97 Å². The number of rotatable bonds is 15. The number of carbonyl (C=O) groups excluding carboxylic acids is 5. The van der Waals surface area contributed by atoms with Gasteiger partial charge in [-0.3, -0.25) is 33.5 Å². The summed E-state index contributed by atoms with van der Waals surface area (Å²) in [5.74, 6) is 0.484. The Hall–Kier alpha value is -7.72. The van der Waals surface area contributed by atoms with Crippen molar-refractivity contribution < 1.29 is 69.7 Å². The number of Topliss-reactive ketones (excluding diaryl/α,β-unsaturated/α-hetero) is 2. The summed E-state index contributed by atoms with van der Waals surface area (Å²) in [6.07, 6.45) is 20.6. The molecule has 14 rings (SSSR count). The fourth-order valence-electron chi connectivity index (χ4n) is 14.4. The maximum absolute atomic E-state index is 14.3. The molecule has 23 nitrogen and oxygen atoms in total. The number of nitrogens with one attached hydrogen (secondary N) is 1. The second-order valence-electron chi connectivity index (χ2n) is 29.6. The van der Waals surface area contributed by atoms with Crippen LogP contribution in [0.25, 0.3) is 43.2 Å². The lowest BCUT2D eigenvalue weighted by molar-refractivity contribution is -0.147. The molecule has 103 heavy (non-hydrogen) atoms. The molecular formula is C76H94N8O15S4. The minimum Gasteiger partial charge on any atom is -0.497 e. The van der Waals surface area contributed by atoms with Crippen LogP contribution in [-0.2, 0) is 48.8 Å². The molecule has 4 aromatic heterocycles. The highest BCUT2D eigenvalue weighted by Crippen LogP contribution is 2.58. The molecule has 552 valence electrons.